The number of benzene rings is 2. The minimum absolute atomic E-state index is 0.145. The molecule has 10 heteroatoms. The number of nitrogens with one attached hydrogen (secondary N) is 2. The van der Waals surface area contributed by atoms with Gasteiger partial charge in [-0.3, -0.25) is 14.4 Å². The maximum Gasteiger partial charge on any atom is 0.417 e. The Balaban J connectivity index is 1.77. The number of hydrogen-bond donors (Lipinski definition) is 2. The number of aromatic nitrogens is 1. The molecule has 2 aromatic carbocycles. The maximum absolute atomic E-state index is 13.0. The lowest BCUT2D eigenvalue weighted by Gasteiger charge is -2.17. The van der Waals surface area contributed by atoms with E-state index in [1.165, 1.54) is 12.1 Å². The summed E-state index contributed by atoms with van der Waals surface area (Å²) in [7, 11) is 0. The van der Waals surface area contributed by atoms with Crippen LogP contribution < -0.4 is 16.2 Å². The standard InChI is InChI=1S/C23H19ClF3N3O3/c1-14(15-7-3-2-4-8-15)28-21(32)17-9-5-6-10-19(17)29-20(31)13-30-12-16(23(25,26)27)11-18(24)22(30)33/h2-12,14H,13H2,1H3,(H,28,32)(H,29,31)/t14-/m0/s1. The fourth-order valence-electron chi connectivity index (χ4n) is 3.11. The number of hydrogen-bond acceptors (Lipinski definition) is 3. The molecule has 1 atom stereocenters. The van der Waals surface area contributed by atoms with Crippen LogP contribution in [0.2, 0.25) is 5.02 Å². The number of nitrogens with zero attached hydrogens (tertiary/aromatic N) is 1. The molecule has 33 heavy (non-hydrogen) atoms. The predicted octanol–water partition coefficient (Wildman–Crippen LogP) is 4.65. The van der Waals surface area contributed by atoms with E-state index in [2.05, 4.69) is 10.6 Å². The number of rotatable bonds is 6. The van der Waals surface area contributed by atoms with Crippen LogP contribution in [0.1, 0.15) is 34.5 Å². The molecule has 0 aliphatic heterocycles. The Labute approximate surface area is 192 Å². The molecule has 172 valence electrons. The van der Waals surface area contributed by atoms with E-state index in [-0.39, 0.29) is 17.3 Å². The summed E-state index contributed by atoms with van der Waals surface area (Å²) in [6.07, 6.45) is -4.22. The second-order valence-electron chi connectivity index (χ2n) is 7.21. The highest BCUT2D eigenvalue weighted by molar-refractivity contribution is 6.30. The van der Waals surface area contributed by atoms with E-state index < -0.39 is 40.7 Å². The van der Waals surface area contributed by atoms with Gasteiger partial charge in [-0.05, 0) is 30.7 Å². The van der Waals surface area contributed by atoms with E-state index in [1.54, 1.807) is 19.1 Å². The maximum atomic E-state index is 13.0. The van der Waals surface area contributed by atoms with Crippen molar-refractivity contribution in [2.75, 3.05) is 5.32 Å². The molecule has 3 rings (SSSR count). The predicted molar refractivity (Wildman–Crippen MR) is 118 cm³/mol. The van der Waals surface area contributed by atoms with E-state index >= 15 is 0 Å². The molecule has 3 aromatic rings. The molecular formula is C23H19ClF3N3O3. The summed E-state index contributed by atoms with van der Waals surface area (Å²) in [6, 6.07) is 15.6. The van der Waals surface area contributed by atoms with Crippen molar-refractivity contribution in [2.45, 2.75) is 25.7 Å². The Morgan fingerprint density at radius 1 is 1.06 bits per heavy atom. The summed E-state index contributed by atoms with van der Waals surface area (Å²) in [5.41, 5.74) is -0.917. The van der Waals surface area contributed by atoms with Crippen molar-refractivity contribution in [3.63, 3.8) is 0 Å². The topological polar surface area (TPSA) is 80.2 Å². The molecule has 0 saturated heterocycles. The Morgan fingerprint density at radius 2 is 1.70 bits per heavy atom. The summed E-state index contributed by atoms with van der Waals surface area (Å²) >= 11 is 5.62. The Kier molecular flexibility index (Phi) is 7.23. The van der Waals surface area contributed by atoms with Gasteiger partial charge in [-0.1, -0.05) is 54.1 Å². The van der Waals surface area contributed by atoms with Gasteiger partial charge in [0.25, 0.3) is 11.5 Å². The third-order valence-corrected chi connectivity index (χ3v) is 5.05. The minimum Gasteiger partial charge on any atom is -0.345 e. The average Bonchev–Trinajstić information content (AvgIpc) is 2.77. The Hall–Kier alpha value is -3.59. The van der Waals surface area contributed by atoms with Gasteiger partial charge in [0, 0.05) is 6.20 Å². The van der Waals surface area contributed by atoms with Crippen molar-refractivity contribution in [1.29, 1.82) is 0 Å². The number of halogens is 4. The van der Waals surface area contributed by atoms with Gasteiger partial charge >= 0.3 is 6.18 Å². The lowest BCUT2D eigenvalue weighted by molar-refractivity contribution is -0.138. The summed E-state index contributed by atoms with van der Waals surface area (Å²) in [5.74, 6) is -1.26. The van der Waals surface area contributed by atoms with Crippen LogP contribution in [0.15, 0.2) is 71.7 Å². The van der Waals surface area contributed by atoms with Crippen molar-refractivity contribution in [1.82, 2.24) is 9.88 Å². The zero-order valence-electron chi connectivity index (χ0n) is 17.3. The van der Waals surface area contributed by atoms with Gasteiger partial charge in [0.15, 0.2) is 0 Å². The van der Waals surface area contributed by atoms with Gasteiger partial charge in [-0.2, -0.15) is 13.2 Å². The van der Waals surface area contributed by atoms with Gasteiger partial charge in [-0.15, -0.1) is 0 Å². The number of anilines is 1. The summed E-state index contributed by atoms with van der Waals surface area (Å²) in [6.45, 7) is 1.08. The Bertz CT molecular complexity index is 1230. The van der Waals surface area contributed by atoms with Crippen LogP contribution in [0.5, 0.6) is 0 Å². The van der Waals surface area contributed by atoms with Crippen LogP contribution in [-0.2, 0) is 17.5 Å². The smallest absolute Gasteiger partial charge is 0.345 e. The van der Waals surface area contributed by atoms with Crippen molar-refractivity contribution in [3.05, 3.63) is 98.9 Å². The van der Waals surface area contributed by atoms with Crippen LogP contribution in [0.4, 0.5) is 18.9 Å². The van der Waals surface area contributed by atoms with Gasteiger partial charge in [-0.25, -0.2) is 0 Å². The largest absolute Gasteiger partial charge is 0.417 e. The highest BCUT2D eigenvalue weighted by Gasteiger charge is 2.32. The first-order valence-corrected chi connectivity index (χ1v) is 10.2. The van der Waals surface area contributed by atoms with Crippen LogP contribution in [-0.4, -0.2) is 16.4 Å². The fraction of sp³-hybridized carbons (Fsp3) is 0.174. The number of carbonyl (C=O) groups is 2. The van der Waals surface area contributed by atoms with E-state index in [9.17, 15) is 27.6 Å². The molecule has 1 heterocycles. The van der Waals surface area contributed by atoms with Crippen LogP contribution in [0.3, 0.4) is 0 Å². The second kappa shape index (κ2) is 9.91. The molecule has 2 amide bonds. The average molecular weight is 478 g/mol. The first kappa shape index (κ1) is 24.1. The quantitative estimate of drug-likeness (QED) is 0.542. The van der Waals surface area contributed by atoms with Crippen molar-refractivity contribution < 1.29 is 22.8 Å². The molecule has 0 aliphatic carbocycles. The number of para-hydroxylation sites is 1. The van der Waals surface area contributed by atoms with Gasteiger partial charge in [0.1, 0.15) is 11.6 Å². The number of carbonyl (C=O) groups excluding carboxylic acids is 2. The summed E-state index contributed by atoms with van der Waals surface area (Å²) in [5, 5.41) is 4.64. The van der Waals surface area contributed by atoms with Gasteiger partial charge in [0.2, 0.25) is 5.91 Å². The van der Waals surface area contributed by atoms with E-state index in [4.69, 9.17) is 11.6 Å². The first-order chi connectivity index (χ1) is 15.6. The molecule has 0 bridgehead atoms. The van der Waals surface area contributed by atoms with Crippen molar-refractivity contribution in [3.8, 4) is 0 Å². The van der Waals surface area contributed by atoms with E-state index in [0.717, 1.165) is 5.56 Å². The Morgan fingerprint density at radius 3 is 2.36 bits per heavy atom. The number of amides is 2. The van der Waals surface area contributed by atoms with Gasteiger partial charge < -0.3 is 15.2 Å². The molecule has 6 nitrogen and oxygen atoms in total. The van der Waals surface area contributed by atoms with E-state index in [0.29, 0.717) is 16.8 Å². The lowest BCUT2D eigenvalue weighted by Crippen LogP contribution is -2.30. The molecule has 0 radical (unpaired) electrons. The monoisotopic (exact) mass is 477 g/mol. The molecule has 0 saturated carbocycles. The van der Waals surface area contributed by atoms with Crippen LogP contribution in [0, 0.1) is 0 Å². The highest BCUT2D eigenvalue weighted by Crippen LogP contribution is 2.29. The minimum atomic E-state index is -4.74. The normalized spacial score (nSPS) is 12.2. The molecule has 0 aliphatic rings. The zero-order valence-corrected chi connectivity index (χ0v) is 18.1. The third-order valence-electron chi connectivity index (χ3n) is 4.78. The first-order valence-electron chi connectivity index (χ1n) is 9.78. The molecule has 2 N–H and O–H groups in total. The van der Waals surface area contributed by atoms with Crippen LogP contribution in [0.25, 0.3) is 0 Å². The molecule has 0 spiro atoms. The number of alkyl halides is 3. The molecular weight excluding hydrogens is 459 g/mol. The van der Waals surface area contributed by atoms with Crippen molar-refractivity contribution >= 4 is 29.1 Å². The van der Waals surface area contributed by atoms with Crippen molar-refractivity contribution in [2.24, 2.45) is 0 Å². The van der Waals surface area contributed by atoms with E-state index in [1.807, 2.05) is 30.3 Å². The zero-order chi connectivity index (χ0) is 24.2. The van der Waals surface area contributed by atoms with Gasteiger partial charge in [0.05, 0.1) is 22.9 Å². The SMILES string of the molecule is C[C@H](NC(=O)c1ccccc1NC(=O)Cn1cc(C(F)(F)F)cc(Cl)c1=O)c1ccccc1. The third kappa shape index (κ3) is 6.01. The summed E-state index contributed by atoms with van der Waals surface area (Å²) in [4.78, 5) is 37.4. The molecule has 1 aromatic heterocycles. The number of pyridine rings is 1. The van der Waals surface area contributed by atoms with Crippen LogP contribution >= 0.6 is 11.6 Å². The summed E-state index contributed by atoms with van der Waals surface area (Å²) < 4.78 is 39.6. The lowest BCUT2D eigenvalue weighted by atomic mass is 10.1. The highest BCUT2D eigenvalue weighted by atomic mass is 35.5. The molecule has 0 fully saturated rings. The fourth-order valence-corrected chi connectivity index (χ4v) is 3.33. The second-order valence-corrected chi connectivity index (χ2v) is 7.61. The molecule has 0 unspecified atom stereocenters.